The standard InChI is InChI=1S/C20H15ClFN3O2S/c1-13(26)25(16-5-3-2-4-6-16)20-23-15(12-28-20)8-10-19(27)24-18-9-7-14(21)11-17(18)22/h2-12H,1H3,(H,24,27)/b10-8+. The van der Waals surface area contributed by atoms with Crippen molar-refractivity contribution >= 4 is 57.3 Å². The third-order valence-corrected chi connectivity index (χ3v) is 4.70. The summed E-state index contributed by atoms with van der Waals surface area (Å²) >= 11 is 6.96. The van der Waals surface area contributed by atoms with E-state index in [0.717, 1.165) is 6.07 Å². The van der Waals surface area contributed by atoms with Gasteiger partial charge in [-0.25, -0.2) is 9.37 Å². The molecule has 0 unspecified atom stereocenters. The zero-order valence-corrected chi connectivity index (χ0v) is 16.3. The Bertz CT molecular complexity index is 1040. The number of para-hydroxylation sites is 1. The van der Waals surface area contributed by atoms with E-state index >= 15 is 0 Å². The number of hydrogen-bond donors (Lipinski definition) is 1. The fraction of sp³-hybridized carbons (Fsp3) is 0.0500. The Morgan fingerprint density at radius 1 is 1.21 bits per heavy atom. The highest BCUT2D eigenvalue weighted by Crippen LogP contribution is 2.29. The van der Waals surface area contributed by atoms with Crippen LogP contribution in [-0.2, 0) is 9.59 Å². The number of hydrogen-bond acceptors (Lipinski definition) is 4. The molecule has 142 valence electrons. The van der Waals surface area contributed by atoms with Crippen molar-refractivity contribution in [3.63, 3.8) is 0 Å². The lowest BCUT2D eigenvalue weighted by Gasteiger charge is -2.17. The summed E-state index contributed by atoms with van der Waals surface area (Å²) in [6.45, 7) is 1.46. The van der Waals surface area contributed by atoms with Gasteiger partial charge in [0.2, 0.25) is 11.8 Å². The maximum Gasteiger partial charge on any atom is 0.248 e. The Kier molecular flexibility index (Phi) is 6.18. The van der Waals surface area contributed by atoms with E-state index < -0.39 is 11.7 Å². The average Bonchev–Trinajstić information content (AvgIpc) is 3.11. The van der Waals surface area contributed by atoms with Crippen molar-refractivity contribution in [1.29, 1.82) is 0 Å². The van der Waals surface area contributed by atoms with Crippen LogP contribution in [-0.4, -0.2) is 16.8 Å². The predicted octanol–water partition coefficient (Wildman–Crippen LogP) is 5.27. The summed E-state index contributed by atoms with van der Waals surface area (Å²) in [5, 5.41) is 4.89. The molecule has 2 aromatic carbocycles. The van der Waals surface area contributed by atoms with Crippen LogP contribution in [0.4, 0.5) is 20.9 Å². The second kappa shape index (κ2) is 8.77. The van der Waals surface area contributed by atoms with Gasteiger partial charge >= 0.3 is 0 Å². The quantitative estimate of drug-likeness (QED) is 0.577. The second-order valence-electron chi connectivity index (χ2n) is 5.69. The number of carbonyl (C=O) groups is 2. The first kappa shape index (κ1) is 19.7. The topological polar surface area (TPSA) is 62.3 Å². The molecule has 0 atom stereocenters. The van der Waals surface area contributed by atoms with Crippen LogP contribution in [0.25, 0.3) is 6.08 Å². The monoisotopic (exact) mass is 415 g/mol. The summed E-state index contributed by atoms with van der Waals surface area (Å²) in [6, 6.07) is 13.1. The van der Waals surface area contributed by atoms with Crippen LogP contribution in [0, 0.1) is 5.82 Å². The lowest BCUT2D eigenvalue weighted by atomic mass is 10.3. The molecule has 0 bridgehead atoms. The molecule has 1 heterocycles. The minimum absolute atomic E-state index is 0.0323. The fourth-order valence-electron chi connectivity index (χ4n) is 2.39. The first-order chi connectivity index (χ1) is 13.4. The molecule has 1 N–H and O–H groups in total. The summed E-state index contributed by atoms with van der Waals surface area (Å²) in [7, 11) is 0. The second-order valence-corrected chi connectivity index (χ2v) is 6.96. The Labute approximate surface area is 170 Å². The number of anilines is 3. The van der Waals surface area contributed by atoms with E-state index in [0.29, 0.717) is 16.5 Å². The Hall–Kier alpha value is -3.03. The molecule has 2 amide bonds. The number of nitrogens with one attached hydrogen (secondary N) is 1. The number of rotatable bonds is 5. The van der Waals surface area contributed by atoms with E-state index in [-0.39, 0.29) is 16.6 Å². The summed E-state index contributed by atoms with van der Waals surface area (Å²) in [6.07, 6.45) is 2.74. The first-order valence-electron chi connectivity index (χ1n) is 8.19. The van der Waals surface area contributed by atoms with Gasteiger partial charge in [-0.2, -0.15) is 0 Å². The minimum atomic E-state index is -0.620. The predicted molar refractivity (Wildman–Crippen MR) is 110 cm³/mol. The van der Waals surface area contributed by atoms with E-state index in [9.17, 15) is 14.0 Å². The number of amides is 2. The molecule has 3 aromatic rings. The molecule has 5 nitrogen and oxygen atoms in total. The van der Waals surface area contributed by atoms with E-state index in [1.807, 2.05) is 30.3 Å². The van der Waals surface area contributed by atoms with Crippen molar-refractivity contribution in [2.45, 2.75) is 6.92 Å². The number of nitrogens with zero attached hydrogens (tertiary/aromatic N) is 2. The molecule has 0 saturated carbocycles. The SMILES string of the molecule is CC(=O)N(c1ccccc1)c1nc(/C=C/C(=O)Nc2ccc(Cl)cc2F)cs1. The van der Waals surface area contributed by atoms with Gasteiger partial charge in [0.1, 0.15) is 5.82 Å². The molecule has 0 aliphatic rings. The highest BCUT2D eigenvalue weighted by atomic mass is 35.5. The van der Waals surface area contributed by atoms with Gasteiger partial charge in [-0.05, 0) is 36.4 Å². The molecule has 0 saturated heterocycles. The Balaban J connectivity index is 1.72. The smallest absolute Gasteiger partial charge is 0.248 e. The number of benzene rings is 2. The van der Waals surface area contributed by atoms with Crippen LogP contribution >= 0.6 is 22.9 Å². The van der Waals surface area contributed by atoms with Crippen molar-refractivity contribution < 1.29 is 14.0 Å². The van der Waals surface area contributed by atoms with Crippen LogP contribution in [0.5, 0.6) is 0 Å². The molecule has 8 heteroatoms. The molecule has 28 heavy (non-hydrogen) atoms. The molecule has 0 spiro atoms. The zero-order chi connectivity index (χ0) is 20.1. The minimum Gasteiger partial charge on any atom is -0.320 e. The summed E-state index contributed by atoms with van der Waals surface area (Å²) in [5.74, 6) is -1.31. The number of carbonyl (C=O) groups excluding carboxylic acids is 2. The molecular formula is C20H15ClFN3O2S. The molecule has 0 aliphatic carbocycles. The third-order valence-electron chi connectivity index (χ3n) is 3.62. The third kappa shape index (κ3) is 4.82. The lowest BCUT2D eigenvalue weighted by molar-refractivity contribution is -0.116. The van der Waals surface area contributed by atoms with E-state index in [1.165, 1.54) is 47.4 Å². The van der Waals surface area contributed by atoms with E-state index in [1.54, 1.807) is 5.38 Å². The van der Waals surface area contributed by atoms with Crippen LogP contribution in [0.2, 0.25) is 5.02 Å². The van der Waals surface area contributed by atoms with Crippen molar-refractivity contribution in [3.05, 3.63) is 76.5 Å². The Morgan fingerprint density at radius 2 is 1.96 bits per heavy atom. The zero-order valence-electron chi connectivity index (χ0n) is 14.7. The fourth-order valence-corrected chi connectivity index (χ4v) is 3.40. The van der Waals surface area contributed by atoms with Gasteiger partial charge in [-0.15, -0.1) is 11.3 Å². The Morgan fingerprint density at radius 3 is 2.64 bits per heavy atom. The van der Waals surface area contributed by atoms with Gasteiger partial charge in [0.15, 0.2) is 5.13 Å². The van der Waals surface area contributed by atoms with Gasteiger partial charge in [-0.1, -0.05) is 29.8 Å². The molecule has 0 fully saturated rings. The van der Waals surface area contributed by atoms with Crippen molar-refractivity contribution in [1.82, 2.24) is 4.98 Å². The van der Waals surface area contributed by atoms with Gasteiger partial charge in [0.05, 0.1) is 17.1 Å². The van der Waals surface area contributed by atoms with Crippen LogP contribution in [0.3, 0.4) is 0 Å². The first-order valence-corrected chi connectivity index (χ1v) is 9.45. The van der Waals surface area contributed by atoms with Crippen molar-refractivity contribution in [2.75, 3.05) is 10.2 Å². The highest BCUT2D eigenvalue weighted by Gasteiger charge is 2.17. The summed E-state index contributed by atoms with van der Waals surface area (Å²) in [4.78, 5) is 29.9. The molecular weight excluding hydrogens is 401 g/mol. The molecule has 1 aromatic heterocycles. The van der Waals surface area contributed by atoms with Gasteiger partial charge in [0.25, 0.3) is 0 Å². The molecule has 0 radical (unpaired) electrons. The largest absolute Gasteiger partial charge is 0.320 e. The lowest BCUT2D eigenvalue weighted by Crippen LogP contribution is -2.22. The maximum absolute atomic E-state index is 13.7. The van der Waals surface area contributed by atoms with E-state index in [2.05, 4.69) is 10.3 Å². The van der Waals surface area contributed by atoms with E-state index in [4.69, 9.17) is 11.6 Å². The maximum atomic E-state index is 13.7. The van der Waals surface area contributed by atoms with Gasteiger partial charge < -0.3 is 5.32 Å². The number of aromatic nitrogens is 1. The van der Waals surface area contributed by atoms with Crippen LogP contribution in [0.1, 0.15) is 12.6 Å². The highest BCUT2D eigenvalue weighted by molar-refractivity contribution is 7.14. The summed E-state index contributed by atoms with van der Waals surface area (Å²) < 4.78 is 13.7. The van der Waals surface area contributed by atoms with Crippen molar-refractivity contribution in [3.8, 4) is 0 Å². The normalized spacial score (nSPS) is 10.8. The molecule has 0 aliphatic heterocycles. The van der Waals surface area contributed by atoms with Crippen LogP contribution in [0.15, 0.2) is 60.0 Å². The van der Waals surface area contributed by atoms with Gasteiger partial charge in [-0.3, -0.25) is 14.5 Å². The number of halogens is 2. The van der Waals surface area contributed by atoms with Crippen LogP contribution < -0.4 is 10.2 Å². The average molecular weight is 416 g/mol. The summed E-state index contributed by atoms with van der Waals surface area (Å²) in [5.41, 5.74) is 1.24. The molecule has 3 rings (SSSR count). The number of thiazole rings is 1. The van der Waals surface area contributed by atoms with Gasteiger partial charge in [0, 0.05) is 23.4 Å². The van der Waals surface area contributed by atoms with Crippen molar-refractivity contribution in [2.24, 2.45) is 0 Å².